The highest BCUT2D eigenvalue weighted by molar-refractivity contribution is 7.54. The minimum Gasteiger partial charge on any atom is -0.411 e. The zero-order chi connectivity index (χ0) is 14.0. The Hall–Kier alpha value is -0.380. The van der Waals surface area contributed by atoms with Crippen molar-refractivity contribution in [3.05, 3.63) is 0 Å². The monoisotopic (exact) mass is 279 g/mol. The predicted molar refractivity (Wildman–Crippen MR) is 73.6 cm³/mol. The molecule has 18 heavy (non-hydrogen) atoms. The van der Waals surface area contributed by atoms with E-state index >= 15 is 0 Å². The molecule has 1 N–H and O–H groups in total. The minimum atomic E-state index is -3.16. The maximum Gasteiger partial charge on any atom is 0.336 e. The Morgan fingerprint density at radius 3 is 1.89 bits per heavy atom. The largest absolute Gasteiger partial charge is 0.411 e. The molecule has 0 aliphatic carbocycles. The molecule has 0 atom stereocenters. The van der Waals surface area contributed by atoms with Gasteiger partial charge in [0.1, 0.15) is 0 Å². The average molecular weight is 279 g/mol. The molecule has 0 fully saturated rings. The highest BCUT2D eigenvalue weighted by atomic mass is 31.2. The van der Waals surface area contributed by atoms with Crippen LogP contribution in [0.1, 0.15) is 40.5 Å². The minimum absolute atomic E-state index is 0.0136. The van der Waals surface area contributed by atoms with Crippen LogP contribution in [0.3, 0.4) is 0 Å². The van der Waals surface area contributed by atoms with Crippen LogP contribution in [0.25, 0.3) is 0 Å². The van der Waals surface area contributed by atoms with Crippen LogP contribution in [0, 0.1) is 11.8 Å². The standard InChI is InChI=1S/C12H26NO4P/c1-11(2)5-8-16-18(15,10-7-13-14)17-9-6-12(3)4/h7,11-12,14H,5-6,8-10H2,1-4H3. The molecule has 0 aliphatic rings. The first kappa shape index (κ1) is 17.6. The third kappa shape index (κ3) is 9.63. The van der Waals surface area contributed by atoms with E-state index in [1.807, 2.05) is 0 Å². The van der Waals surface area contributed by atoms with Gasteiger partial charge in [0.2, 0.25) is 0 Å². The van der Waals surface area contributed by atoms with E-state index in [0.29, 0.717) is 25.0 Å². The first-order valence-corrected chi connectivity index (χ1v) is 8.16. The lowest BCUT2D eigenvalue weighted by Crippen LogP contribution is -2.06. The molecule has 0 saturated carbocycles. The highest BCUT2D eigenvalue weighted by Gasteiger charge is 2.23. The quantitative estimate of drug-likeness (QED) is 0.286. The van der Waals surface area contributed by atoms with E-state index in [4.69, 9.17) is 14.3 Å². The Labute approximate surface area is 110 Å². The fourth-order valence-corrected chi connectivity index (χ4v) is 2.46. The predicted octanol–water partition coefficient (Wildman–Crippen LogP) is 3.76. The van der Waals surface area contributed by atoms with Gasteiger partial charge in [-0.25, -0.2) is 0 Å². The number of rotatable bonds is 10. The molecule has 108 valence electrons. The number of nitrogens with zero attached hydrogens (tertiary/aromatic N) is 1. The molecule has 5 nitrogen and oxygen atoms in total. The van der Waals surface area contributed by atoms with Gasteiger partial charge in [0.15, 0.2) is 0 Å². The normalized spacial score (nSPS) is 13.0. The first-order valence-electron chi connectivity index (χ1n) is 6.43. The molecule has 0 aromatic rings. The van der Waals surface area contributed by atoms with Gasteiger partial charge < -0.3 is 14.3 Å². The summed E-state index contributed by atoms with van der Waals surface area (Å²) in [5.41, 5.74) is 0. The van der Waals surface area contributed by atoms with Gasteiger partial charge in [0.25, 0.3) is 0 Å². The van der Waals surface area contributed by atoms with E-state index in [1.54, 1.807) is 0 Å². The van der Waals surface area contributed by atoms with Crippen molar-refractivity contribution in [1.82, 2.24) is 0 Å². The summed E-state index contributed by atoms with van der Waals surface area (Å²) in [4.78, 5) is 0. The second-order valence-corrected chi connectivity index (χ2v) is 7.23. The molecule has 0 rings (SSSR count). The van der Waals surface area contributed by atoms with Crippen LogP contribution in [-0.2, 0) is 13.6 Å². The van der Waals surface area contributed by atoms with Crippen molar-refractivity contribution in [1.29, 1.82) is 0 Å². The van der Waals surface area contributed by atoms with Gasteiger partial charge in [-0.05, 0) is 24.7 Å². The maximum absolute atomic E-state index is 12.3. The molecule has 0 bridgehead atoms. The summed E-state index contributed by atoms with van der Waals surface area (Å²) in [5.74, 6) is 0.973. The van der Waals surface area contributed by atoms with Gasteiger partial charge in [-0.15, -0.1) is 5.16 Å². The summed E-state index contributed by atoms with van der Waals surface area (Å²) >= 11 is 0. The molecule has 0 aromatic heterocycles. The zero-order valence-corrected chi connectivity index (χ0v) is 12.7. The van der Waals surface area contributed by atoms with Crippen LogP contribution >= 0.6 is 7.60 Å². The molecule has 0 heterocycles. The van der Waals surface area contributed by atoms with Crippen molar-refractivity contribution in [2.45, 2.75) is 40.5 Å². The Bertz CT molecular complexity index is 261. The molecular weight excluding hydrogens is 253 g/mol. The fraction of sp³-hybridized carbons (Fsp3) is 0.917. The summed E-state index contributed by atoms with van der Waals surface area (Å²) in [7, 11) is -3.16. The van der Waals surface area contributed by atoms with Crippen LogP contribution in [0.4, 0.5) is 0 Å². The number of oxime groups is 1. The third-order valence-electron chi connectivity index (χ3n) is 2.35. The smallest absolute Gasteiger partial charge is 0.336 e. The van der Waals surface area contributed by atoms with Crippen molar-refractivity contribution in [3.8, 4) is 0 Å². The van der Waals surface area contributed by atoms with Gasteiger partial charge >= 0.3 is 7.60 Å². The number of hydrogen-bond donors (Lipinski definition) is 1. The fourth-order valence-electron chi connectivity index (χ4n) is 1.13. The average Bonchev–Trinajstić information content (AvgIpc) is 2.25. The van der Waals surface area contributed by atoms with Gasteiger partial charge in [0.05, 0.1) is 25.6 Å². The molecule has 0 aromatic carbocycles. The highest BCUT2D eigenvalue weighted by Crippen LogP contribution is 2.47. The van der Waals surface area contributed by atoms with Crippen LogP contribution in [0.15, 0.2) is 5.16 Å². The molecule has 0 amide bonds. The first-order chi connectivity index (χ1) is 8.39. The molecule has 0 saturated heterocycles. The van der Waals surface area contributed by atoms with Gasteiger partial charge in [-0.3, -0.25) is 4.57 Å². The summed E-state index contributed by atoms with van der Waals surface area (Å²) < 4.78 is 23.0. The summed E-state index contributed by atoms with van der Waals surface area (Å²) in [6.45, 7) is 9.09. The van der Waals surface area contributed by atoms with E-state index in [2.05, 4.69) is 32.9 Å². The van der Waals surface area contributed by atoms with E-state index < -0.39 is 7.60 Å². The molecule has 0 spiro atoms. The Morgan fingerprint density at radius 1 is 1.11 bits per heavy atom. The van der Waals surface area contributed by atoms with Gasteiger partial charge in [-0.2, -0.15) is 0 Å². The van der Waals surface area contributed by atoms with Crippen molar-refractivity contribution in [2.75, 3.05) is 19.4 Å². The van der Waals surface area contributed by atoms with Crippen LogP contribution in [0.2, 0.25) is 0 Å². The van der Waals surface area contributed by atoms with Crippen molar-refractivity contribution in [3.63, 3.8) is 0 Å². The summed E-state index contributed by atoms with van der Waals surface area (Å²) in [6, 6.07) is 0. The van der Waals surface area contributed by atoms with Gasteiger partial charge in [0, 0.05) is 0 Å². The lowest BCUT2D eigenvalue weighted by Gasteiger charge is -2.18. The Morgan fingerprint density at radius 2 is 1.56 bits per heavy atom. The second kappa shape index (κ2) is 9.54. The second-order valence-electron chi connectivity index (χ2n) is 5.12. The Balaban J connectivity index is 4.19. The Kier molecular flexibility index (Phi) is 9.34. The van der Waals surface area contributed by atoms with Crippen LogP contribution in [-0.4, -0.2) is 30.8 Å². The number of hydrogen-bond acceptors (Lipinski definition) is 5. The maximum atomic E-state index is 12.3. The molecular formula is C12H26NO4P. The summed E-state index contributed by atoms with van der Waals surface area (Å²) in [6.07, 6.45) is 2.83. The van der Waals surface area contributed by atoms with E-state index in [-0.39, 0.29) is 6.16 Å². The topological polar surface area (TPSA) is 68.1 Å². The van der Waals surface area contributed by atoms with Gasteiger partial charge in [-0.1, -0.05) is 27.7 Å². The third-order valence-corrected chi connectivity index (χ3v) is 4.12. The molecule has 0 radical (unpaired) electrons. The molecule has 0 aliphatic heterocycles. The zero-order valence-electron chi connectivity index (χ0n) is 11.8. The van der Waals surface area contributed by atoms with Crippen molar-refractivity contribution in [2.24, 2.45) is 17.0 Å². The van der Waals surface area contributed by atoms with E-state index in [1.165, 1.54) is 0 Å². The summed E-state index contributed by atoms with van der Waals surface area (Å²) in [5, 5.41) is 11.2. The van der Waals surface area contributed by atoms with E-state index in [0.717, 1.165) is 19.1 Å². The van der Waals surface area contributed by atoms with Crippen molar-refractivity contribution < 1.29 is 18.8 Å². The van der Waals surface area contributed by atoms with Crippen LogP contribution in [0.5, 0.6) is 0 Å². The van der Waals surface area contributed by atoms with Crippen LogP contribution < -0.4 is 0 Å². The lowest BCUT2D eigenvalue weighted by atomic mass is 10.2. The SMILES string of the molecule is CC(C)CCOP(=O)(CC=NO)OCCC(C)C. The molecule has 0 unspecified atom stereocenters. The molecule has 6 heteroatoms. The van der Waals surface area contributed by atoms with E-state index in [9.17, 15) is 4.57 Å². The van der Waals surface area contributed by atoms with Crippen molar-refractivity contribution >= 4 is 13.8 Å². The lowest BCUT2D eigenvalue weighted by molar-refractivity contribution is 0.191.